The Bertz CT molecular complexity index is 119. The lowest BCUT2D eigenvalue weighted by Gasteiger charge is -2.16. The van der Waals surface area contributed by atoms with E-state index in [1.807, 2.05) is 13.8 Å². The Labute approximate surface area is 106 Å². The molecule has 0 aromatic rings. The van der Waals surface area contributed by atoms with Crippen LogP contribution in [0.15, 0.2) is 25.3 Å². The summed E-state index contributed by atoms with van der Waals surface area (Å²) in [6, 6.07) is 0. The number of hydrogen-bond donors (Lipinski definition) is 4. The van der Waals surface area contributed by atoms with Gasteiger partial charge in [0.05, 0.1) is 26.4 Å². The average Bonchev–Trinajstić information content (AvgIpc) is 2.31. The van der Waals surface area contributed by atoms with Gasteiger partial charge in [0.1, 0.15) is 0 Å². The lowest BCUT2D eigenvalue weighted by molar-refractivity contribution is 0.0857. The van der Waals surface area contributed by atoms with Gasteiger partial charge >= 0.3 is 0 Å². The Morgan fingerprint density at radius 1 is 0.824 bits per heavy atom. The summed E-state index contributed by atoms with van der Waals surface area (Å²) in [6.45, 7) is 13.9. The SMILES string of the molecule is C=CC.C=CC.CC(C)(CO)CO.OCCO. The maximum atomic E-state index is 8.43. The topological polar surface area (TPSA) is 80.9 Å². The Morgan fingerprint density at radius 2 is 1.00 bits per heavy atom. The molecule has 0 aliphatic rings. The quantitative estimate of drug-likeness (QED) is 0.570. The summed E-state index contributed by atoms with van der Waals surface area (Å²) in [5, 5.41) is 32.1. The van der Waals surface area contributed by atoms with E-state index in [0.29, 0.717) is 0 Å². The van der Waals surface area contributed by atoms with Crippen molar-refractivity contribution in [2.24, 2.45) is 5.41 Å². The van der Waals surface area contributed by atoms with Crippen LogP contribution >= 0.6 is 0 Å². The Morgan fingerprint density at radius 3 is 1.00 bits per heavy atom. The fourth-order valence-electron chi connectivity index (χ4n) is 0.0500. The van der Waals surface area contributed by atoms with Gasteiger partial charge in [0.15, 0.2) is 0 Å². The summed E-state index contributed by atoms with van der Waals surface area (Å²) < 4.78 is 0. The van der Waals surface area contributed by atoms with Gasteiger partial charge in [0.2, 0.25) is 0 Å². The van der Waals surface area contributed by atoms with E-state index < -0.39 is 0 Å². The second-order valence-corrected chi connectivity index (χ2v) is 3.74. The standard InChI is InChI=1S/C5H12O2.2C3H6.C2H6O2/c1-5(2,3-6)4-7;2*1-3-2;3-1-2-4/h6-7H,3-4H2,1-2H3;2*3H,1H2,2H3;3-4H,1-2H2. The van der Waals surface area contributed by atoms with Gasteiger partial charge in [-0.2, -0.15) is 0 Å². The maximum absolute atomic E-state index is 8.43. The smallest absolute Gasteiger partial charge is 0.0662 e. The van der Waals surface area contributed by atoms with Gasteiger partial charge in [-0.3, -0.25) is 0 Å². The molecule has 0 fully saturated rings. The van der Waals surface area contributed by atoms with E-state index in [1.54, 1.807) is 26.0 Å². The van der Waals surface area contributed by atoms with Crippen LogP contribution in [0.3, 0.4) is 0 Å². The van der Waals surface area contributed by atoms with Crippen molar-refractivity contribution in [3.8, 4) is 0 Å². The number of allylic oxidation sites excluding steroid dienone is 2. The molecule has 0 radical (unpaired) electrons. The van der Waals surface area contributed by atoms with Gasteiger partial charge in [-0.1, -0.05) is 26.0 Å². The zero-order chi connectivity index (χ0) is 14.7. The summed E-state index contributed by atoms with van der Waals surface area (Å²) in [5.41, 5.74) is -0.306. The number of aliphatic hydroxyl groups excluding tert-OH is 4. The van der Waals surface area contributed by atoms with Crippen molar-refractivity contribution in [1.82, 2.24) is 0 Å². The molecule has 0 atom stereocenters. The summed E-state index contributed by atoms with van der Waals surface area (Å²) in [6.07, 6.45) is 3.50. The predicted molar refractivity (Wildman–Crippen MR) is 73.9 cm³/mol. The molecule has 0 rings (SSSR count). The fraction of sp³-hybridized carbons (Fsp3) is 0.692. The Hall–Kier alpha value is -0.680. The van der Waals surface area contributed by atoms with E-state index in [2.05, 4.69) is 13.2 Å². The molecule has 106 valence electrons. The summed E-state index contributed by atoms with van der Waals surface area (Å²) in [7, 11) is 0. The molecule has 0 spiro atoms. The van der Waals surface area contributed by atoms with E-state index in [0.717, 1.165) is 0 Å². The molecule has 0 bridgehead atoms. The molecule has 0 aromatic carbocycles. The van der Waals surface area contributed by atoms with Gasteiger partial charge in [-0.25, -0.2) is 0 Å². The minimum atomic E-state index is -0.306. The zero-order valence-corrected chi connectivity index (χ0v) is 11.7. The van der Waals surface area contributed by atoms with Gasteiger partial charge in [-0.15, -0.1) is 13.2 Å². The molecule has 4 nitrogen and oxygen atoms in total. The van der Waals surface area contributed by atoms with E-state index in [4.69, 9.17) is 20.4 Å². The van der Waals surface area contributed by atoms with Gasteiger partial charge in [0, 0.05) is 5.41 Å². The third kappa shape index (κ3) is 68.1. The first-order valence-corrected chi connectivity index (χ1v) is 5.44. The zero-order valence-electron chi connectivity index (χ0n) is 11.7. The summed E-state index contributed by atoms with van der Waals surface area (Å²) in [4.78, 5) is 0. The second-order valence-electron chi connectivity index (χ2n) is 3.74. The van der Waals surface area contributed by atoms with Crippen LogP contribution in [0, 0.1) is 5.41 Å². The highest BCUT2D eigenvalue weighted by atomic mass is 16.3. The molecule has 0 unspecified atom stereocenters. The molecule has 17 heavy (non-hydrogen) atoms. The number of hydrogen-bond acceptors (Lipinski definition) is 4. The van der Waals surface area contributed by atoms with Crippen LogP contribution in [-0.4, -0.2) is 46.9 Å². The minimum absolute atomic E-state index is 0.0451. The molecule has 0 saturated heterocycles. The van der Waals surface area contributed by atoms with E-state index in [1.165, 1.54) is 0 Å². The van der Waals surface area contributed by atoms with Crippen LogP contribution in [0.5, 0.6) is 0 Å². The lowest BCUT2D eigenvalue weighted by atomic mass is 9.97. The minimum Gasteiger partial charge on any atom is -0.396 e. The van der Waals surface area contributed by atoms with Crippen LogP contribution in [-0.2, 0) is 0 Å². The number of aliphatic hydroxyl groups is 4. The third-order valence-corrected chi connectivity index (χ3v) is 0.956. The largest absolute Gasteiger partial charge is 0.396 e. The molecule has 4 heteroatoms. The van der Waals surface area contributed by atoms with Gasteiger partial charge in [-0.05, 0) is 13.8 Å². The molecular formula is C13H30O4. The monoisotopic (exact) mass is 250 g/mol. The molecule has 0 aromatic heterocycles. The molecule has 0 aliphatic heterocycles. The maximum Gasteiger partial charge on any atom is 0.0662 e. The van der Waals surface area contributed by atoms with Crippen LogP contribution in [0.1, 0.15) is 27.7 Å². The predicted octanol–water partition coefficient (Wildman–Crippen LogP) is 1.35. The van der Waals surface area contributed by atoms with Crippen molar-refractivity contribution in [3.63, 3.8) is 0 Å². The highest BCUT2D eigenvalue weighted by Crippen LogP contribution is 2.10. The number of rotatable bonds is 3. The molecular weight excluding hydrogens is 220 g/mol. The molecule has 0 heterocycles. The fourth-order valence-corrected chi connectivity index (χ4v) is 0.0500. The first-order chi connectivity index (χ1) is 7.86. The van der Waals surface area contributed by atoms with Crippen LogP contribution in [0.25, 0.3) is 0 Å². The summed E-state index contributed by atoms with van der Waals surface area (Å²) >= 11 is 0. The molecule has 0 saturated carbocycles. The Balaban J connectivity index is -0.0000000726. The van der Waals surface area contributed by atoms with Crippen molar-refractivity contribution in [1.29, 1.82) is 0 Å². The summed E-state index contributed by atoms with van der Waals surface area (Å²) in [5.74, 6) is 0. The van der Waals surface area contributed by atoms with E-state index >= 15 is 0 Å². The molecule has 4 N–H and O–H groups in total. The first-order valence-electron chi connectivity index (χ1n) is 5.44. The normalized spacial score (nSPS) is 8.24. The van der Waals surface area contributed by atoms with E-state index in [9.17, 15) is 0 Å². The van der Waals surface area contributed by atoms with Crippen LogP contribution in [0.4, 0.5) is 0 Å². The third-order valence-electron chi connectivity index (χ3n) is 0.956. The molecule has 0 amide bonds. The molecule has 0 aliphatic carbocycles. The van der Waals surface area contributed by atoms with E-state index in [-0.39, 0.29) is 31.8 Å². The van der Waals surface area contributed by atoms with Crippen molar-refractivity contribution in [3.05, 3.63) is 25.3 Å². The van der Waals surface area contributed by atoms with Gasteiger partial charge < -0.3 is 20.4 Å². The Kier molecular flexibility index (Phi) is 36.4. The lowest BCUT2D eigenvalue weighted by Crippen LogP contribution is -2.20. The average molecular weight is 250 g/mol. The van der Waals surface area contributed by atoms with Crippen LogP contribution < -0.4 is 0 Å². The van der Waals surface area contributed by atoms with Crippen molar-refractivity contribution < 1.29 is 20.4 Å². The van der Waals surface area contributed by atoms with Crippen molar-refractivity contribution >= 4 is 0 Å². The van der Waals surface area contributed by atoms with Crippen molar-refractivity contribution in [2.75, 3.05) is 26.4 Å². The van der Waals surface area contributed by atoms with Crippen molar-refractivity contribution in [2.45, 2.75) is 27.7 Å². The van der Waals surface area contributed by atoms with Gasteiger partial charge in [0.25, 0.3) is 0 Å². The van der Waals surface area contributed by atoms with Crippen LogP contribution in [0.2, 0.25) is 0 Å². The first kappa shape index (κ1) is 25.2. The highest BCUT2D eigenvalue weighted by molar-refractivity contribution is 4.62. The second kappa shape index (κ2) is 24.5. The highest BCUT2D eigenvalue weighted by Gasteiger charge is 2.13.